The Labute approximate surface area is 412 Å². The van der Waals surface area contributed by atoms with E-state index in [9.17, 15) is 19.5 Å². The highest BCUT2D eigenvalue weighted by atomic mass is 19.4. The second-order valence-electron chi connectivity index (χ2n) is 21.3. The van der Waals surface area contributed by atoms with Gasteiger partial charge in [0.2, 0.25) is 17.8 Å². The number of aromatic hydroxyl groups is 1. The molecule has 0 bridgehead atoms. The molecule has 1 aliphatic carbocycles. The second-order valence-corrected chi connectivity index (χ2v) is 21.3. The Balaban J connectivity index is 0.761. The number of phenols is 1. The van der Waals surface area contributed by atoms with Gasteiger partial charge in [-0.05, 0) is 111 Å². The van der Waals surface area contributed by atoms with Crippen molar-refractivity contribution in [3.05, 3.63) is 100.0 Å². The second kappa shape index (κ2) is 19.1. The first-order valence-corrected chi connectivity index (χ1v) is 24.6. The average molecular weight is 976 g/mol. The lowest BCUT2D eigenvalue weighted by Gasteiger charge is -2.61. The molecule has 0 radical (unpaired) electrons. The molecule has 4 atom stereocenters. The van der Waals surface area contributed by atoms with Gasteiger partial charge in [-0.25, -0.2) is 14.8 Å². The van der Waals surface area contributed by atoms with E-state index < -0.39 is 29.7 Å². The maximum absolute atomic E-state index is 15.1. The number of nitrogens with zero attached hydrogens (tertiary/aromatic N) is 6. The smallest absolute Gasteiger partial charge is 0.413 e. The van der Waals surface area contributed by atoms with Gasteiger partial charge in [0.25, 0.3) is 0 Å². The molecule has 15 nitrogen and oxygen atoms in total. The molecule has 6 heterocycles. The van der Waals surface area contributed by atoms with Crippen LogP contribution in [-0.2, 0) is 16.0 Å². The molecule has 4 aromatic rings. The lowest BCUT2D eigenvalue weighted by Crippen LogP contribution is -2.70. The molecule has 1 spiro atoms. The van der Waals surface area contributed by atoms with E-state index in [2.05, 4.69) is 36.4 Å². The summed E-state index contributed by atoms with van der Waals surface area (Å²) in [6.45, 7) is 11.1. The van der Waals surface area contributed by atoms with Crippen molar-refractivity contribution < 1.29 is 32.7 Å². The van der Waals surface area contributed by atoms with Gasteiger partial charge in [-0.2, -0.15) is 13.2 Å². The third kappa shape index (κ3) is 9.85. The first-order valence-electron chi connectivity index (χ1n) is 24.6. The van der Waals surface area contributed by atoms with Gasteiger partial charge in [-0.1, -0.05) is 51.0 Å². The molecule has 376 valence electrons. The van der Waals surface area contributed by atoms with E-state index in [1.807, 2.05) is 52.0 Å². The van der Waals surface area contributed by atoms with Crippen LogP contribution in [0.5, 0.6) is 5.75 Å². The zero-order chi connectivity index (χ0) is 50.6. The minimum absolute atomic E-state index is 0.0158. The Bertz CT molecular complexity index is 2700. The number of benzene rings is 2. The van der Waals surface area contributed by atoms with E-state index in [0.717, 1.165) is 55.5 Å². The molecule has 71 heavy (non-hydrogen) atoms. The van der Waals surface area contributed by atoms with E-state index in [1.165, 1.54) is 17.0 Å². The van der Waals surface area contributed by atoms with Crippen LogP contribution in [0.1, 0.15) is 123 Å². The molecule has 4 aliphatic heterocycles. The highest BCUT2D eigenvalue weighted by Crippen LogP contribution is 2.51. The summed E-state index contributed by atoms with van der Waals surface area (Å²) in [6.07, 6.45) is 10.6. The predicted octanol–water partition coefficient (Wildman–Crippen LogP) is 6.83. The first kappa shape index (κ1) is 49.2. The zero-order valence-electron chi connectivity index (χ0n) is 40.7. The quantitative estimate of drug-likeness (QED) is 0.0915. The monoisotopic (exact) mass is 976 g/mol. The van der Waals surface area contributed by atoms with Crippen LogP contribution in [0.3, 0.4) is 0 Å². The standard InChI is InChI=1S/C53H64F3N11O4/c1-6-32-13-15-33(16-14-32)31(2)61-47(69)41-11-9-20-66(41)48(70)44(51(3,4)5)63-50(71)65-29-52(30-65)25-36(26-52)64-21-17-34(18-22-64)35-27-59-49(60-28-35)67-23-19-40-43(45(67)53(54,55)56)38(46(58)62-40)24-39(57)37-10-7-8-12-42(37)68/h1,7-8,10,12-16,24,27-28,31,34,36,41,44-45,62,68H,9,11,17-23,25-26,29-30,57-58H2,2-5H3,(H,61,69)(H,63,71)/b39-24-. The zero-order valence-corrected chi connectivity index (χ0v) is 40.7. The molecular formula is C53H64F3N11O4. The van der Waals surface area contributed by atoms with Crippen molar-refractivity contribution in [1.82, 2.24) is 40.3 Å². The number of aromatic nitrogens is 3. The number of hydrogen-bond donors (Lipinski definition) is 6. The SMILES string of the molecule is C#Cc1ccc(C(C)NC(=O)C2CCCN2C(=O)C(NC(=O)N2CC3(CC(N4CCC(c5cnc(N6CCc7[nH]c(N)c(/C=C(\N)c8ccccc8O)c7C6C(F)(F)F)nc5)CC4)C3)C2)C(C)(C)C)cc1. The molecule has 2 aromatic heterocycles. The van der Waals surface area contributed by atoms with Gasteiger partial charge in [-0.15, -0.1) is 6.42 Å². The number of nitrogens with one attached hydrogen (secondary N) is 3. The third-order valence-electron chi connectivity index (χ3n) is 15.5. The molecule has 4 unspecified atom stereocenters. The normalized spacial score (nSPS) is 21.7. The minimum atomic E-state index is -4.71. The summed E-state index contributed by atoms with van der Waals surface area (Å²) in [7, 11) is 0. The fourth-order valence-corrected chi connectivity index (χ4v) is 11.5. The van der Waals surface area contributed by atoms with Crippen LogP contribution in [-0.4, -0.2) is 116 Å². The number of amides is 4. The number of alkyl halides is 3. The summed E-state index contributed by atoms with van der Waals surface area (Å²) >= 11 is 0. The van der Waals surface area contributed by atoms with Crippen molar-refractivity contribution in [2.45, 2.75) is 115 Å². The van der Waals surface area contributed by atoms with Gasteiger partial charge in [0, 0.05) is 90.1 Å². The summed E-state index contributed by atoms with van der Waals surface area (Å²) in [6, 6.07) is 10.1. The van der Waals surface area contributed by atoms with Gasteiger partial charge < -0.3 is 51.8 Å². The van der Waals surface area contributed by atoms with Gasteiger partial charge in [0.1, 0.15) is 23.7 Å². The number of para-hydroxylation sites is 1. The number of hydrogen-bond acceptors (Lipinski definition) is 10. The maximum atomic E-state index is 15.1. The molecule has 5 aliphatic rings. The van der Waals surface area contributed by atoms with Gasteiger partial charge in [0.15, 0.2) is 6.04 Å². The lowest BCUT2D eigenvalue weighted by molar-refractivity contribution is -0.151. The van der Waals surface area contributed by atoms with Crippen LogP contribution in [0.2, 0.25) is 0 Å². The number of anilines is 2. The van der Waals surface area contributed by atoms with Crippen molar-refractivity contribution in [3.63, 3.8) is 0 Å². The number of carbonyl (C=O) groups is 3. The van der Waals surface area contributed by atoms with Crippen molar-refractivity contribution in [3.8, 4) is 18.1 Å². The number of urea groups is 1. The molecule has 1 saturated carbocycles. The fraction of sp³-hybridized carbons (Fsp3) is 0.491. The summed E-state index contributed by atoms with van der Waals surface area (Å²) in [5.74, 6) is 2.20. The molecule has 8 N–H and O–H groups in total. The van der Waals surface area contributed by atoms with Crippen molar-refractivity contribution >= 4 is 41.4 Å². The van der Waals surface area contributed by atoms with E-state index in [0.29, 0.717) is 44.2 Å². The van der Waals surface area contributed by atoms with Crippen LogP contribution in [0.25, 0.3) is 11.8 Å². The summed E-state index contributed by atoms with van der Waals surface area (Å²) < 4.78 is 45.2. The minimum Gasteiger partial charge on any atom is -0.507 e. The number of nitrogens with two attached hydrogens (primary N) is 2. The highest BCUT2D eigenvalue weighted by molar-refractivity contribution is 5.93. The average Bonchev–Trinajstić information content (AvgIpc) is 3.93. The van der Waals surface area contributed by atoms with Gasteiger partial charge >= 0.3 is 12.2 Å². The van der Waals surface area contributed by atoms with Crippen LogP contribution < -0.4 is 27.0 Å². The lowest BCUT2D eigenvalue weighted by atomic mass is 9.60. The number of phenolic OH excluding ortho intramolecular Hbond substituents is 1. The Morgan fingerprint density at radius 1 is 0.972 bits per heavy atom. The van der Waals surface area contributed by atoms with Crippen LogP contribution in [0.15, 0.2) is 60.9 Å². The van der Waals surface area contributed by atoms with Gasteiger partial charge in [-0.3, -0.25) is 9.59 Å². The summed E-state index contributed by atoms with van der Waals surface area (Å²) in [4.78, 5) is 60.5. The van der Waals surface area contributed by atoms with Crippen molar-refractivity contribution in [1.29, 1.82) is 0 Å². The third-order valence-corrected chi connectivity index (χ3v) is 15.5. The summed E-state index contributed by atoms with van der Waals surface area (Å²) in [5.41, 5.74) is 15.3. The number of nitrogen functional groups attached to an aromatic ring is 1. The Hall–Kier alpha value is -6.74. The Kier molecular flexibility index (Phi) is 13.3. The number of fused-ring (bicyclic) bond motifs is 1. The number of terminal acetylenes is 1. The molecule has 3 saturated heterocycles. The van der Waals surface area contributed by atoms with Crippen molar-refractivity contribution in [2.24, 2.45) is 16.6 Å². The molecule has 4 amide bonds. The number of carbonyl (C=O) groups excluding carboxylic acids is 3. The maximum Gasteiger partial charge on any atom is 0.413 e. The van der Waals surface area contributed by atoms with Crippen molar-refractivity contribution in [2.75, 3.05) is 49.9 Å². The largest absolute Gasteiger partial charge is 0.507 e. The Morgan fingerprint density at radius 3 is 2.28 bits per heavy atom. The number of H-pyrrole nitrogens is 1. The Morgan fingerprint density at radius 2 is 1.65 bits per heavy atom. The molecule has 9 rings (SSSR count). The van der Waals surface area contributed by atoms with E-state index in [-0.39, 0.29) is 88.1 Å². The number of rotatable bonds is 10. The van der Waals surface area contributed by atoms with Crippen LogP contribution in [0.4, 0.5) is 29.7 Å². The van der Waals surface area contributed by atoms with Crippen LogP contribution in [0, 0.1) is 23.2 Å². The highest BCUT2D eigenvalue weighted by Gasteiger charge is 2.56. The van der Waals surface area contributed by atoms with E-state index >= 15 is 13.2 Å². The number of piperidine rings is 1. The number of likely N-dealkylation sites (tertiary alicyclic amines) is 3. The number of halogens is 3. The van der Waals surface area contributed by atoms with Gasteiger partial charge in [0.05, 0.1) is 6.04 Å². The van der Waals surface area contributed by atoms with Crippen LogP contribution >= 0.6 is 0 Å². The molecule has 2 aromatic carbocycles. The van der Waals surface area contributed by atoms with E-state index in [1.54, 1.807) is 40.4 Å². The molecular weight excluding hydrogens is 912 g/mol. The summed E-state index contributed by atoms with van der Waals surface area (Å²) in [5, 5.41) is 16.5. The fourth-order valence-electron chi connectivity index (χ4n) is 11.5. The predicted molar refractivity (Wildman–Crippen MR) is 265 cm³/mol. The molecule has 4 fully saturated rings. The van der Waals surface area contributed by atoms with E-state index in [4.69, 9.17) is 17.9 Å². The number of aromatic amines is 1. The topological polar surface area (TPSA) is 202 Å². The molecule has 18 heteroatoms. The first-order chi connectivity index (χ1) is 33.7.